The van der Waals surface area contributed by atoms with Crippen LogP contribution in [0.15, 0.2) is 10.4 Å². The highest BCUT2D eigenvalue weighted by molar-refractivity contribution is 14.0. The number of piperazine rings is 1. The Morgan fingerprint density at radius 3 is 2.55 bits per heavy atom. The molecule has 0 atom stereocenters. The summed E-state index contributed by atoms with van der Waals surface area (Å²) in [4.78, 5) is 24.0. The van der Waals surface area contributed by atoms with Crippen LogP contribution >= 0.6 is 35.3 Å². The average molecular weight is 546 g/mol. The predicted molar refractivity (Wildman–Crippen MR) is 117 cm³/mol. The van der Waals surface area contributed by atoms with Gasteiger partial charge in [-0.1, -0.05) is 0 Å². The van der Waals surface area contributed by atoms with Crippen LogP contribution in [0.3, 0.4) is 0 Å². The number of amides is 1. The van der Waals surface area contributed by atoms with Gasteiger partial charge < -0.3 is 15.5 Å². The number of carbonyl (C=O) groups excluding carboxylic acids is 1. The van der Waals surface area contributed by atoms with Crippen molar-refractivity contribution < 1.29 is 18.0 Å². The molecule has 0 bridgehead atoms. The zero-order valence-corrected chi connectivity index (χ0v) is 19.3. The molecule has 3 rings (SSSR count). The minimum absolute atomic E-state index is 0. The van der Waals surface area contributed by atoms with Gasteiger partial charge in [0.1, 0.15) is 0 Å². The van der Waals surface area contributed by atoms with Gasteiger partial charge in [0.25, 0.3) is 0 Å². The first-order chi connectivity index (χ1) is 13.3. The Bertz CT molecular complexity index is 702. The molecule has 2 heterocycles. The number of hydrogen-bond donors (Lipinski definition) is 2. The molecule has 12 heteroatoms. The van der Waals surface area contributed by atoms with Gasteiger partial charge in [0.15, 0.2) is 11.7 Å². The standard InChI is InChI=1S/C17H25F3N6OS.HI/c1-21-16(22-5-4-15-24-13(11-28-15)17(18,19)20)26-8-6-25(7-9-26)10-14(27)23-12-2-3-12;/h11-12H,2-10H2,1H3,(H,21,22)(H,23,27);1H. The largest absolute Gasteiger partial charge is 0.434 e. The first-order valence-electron chi connectivity index (χ1n) is 9.34. The highest BCUT2D eigenvalue weighted by Gasteiger charge is 2.33. The van der Waals surface area contributed by atoms with Gasteiger partial charge in [-0.2, -0.15) is 13.2 Å². The molecule has 0 aromatic carbocycles. The summed E-state index contributed by atoms with van der Waals surface area (Å²) in [5.41, 5.74) is -0.835. The van der Waals surface area contributed by atoms with Crippen LogP contribution in [0, 0.1) is 0 Å². The van der Waals surface area contributed by atoms with Crippen LogP contribution in [-0.2, 0) is 17.4 Å². The second-order valence-electron chi connectivity index (χ2n) is 6.95. The Kier molecular flexibility index (Phi) is 8.94. The molecule has 0 radical (unpaired) electrons. The third-order valence-corrected chi connectivity index (χ3v) is 5.57. The quantitative estimate of drug-likeness (QED) is 0.324. The first kappa shape index (κ1) is 24.1. The third kappa shape index (κ3) is 7.55. The summed E-state index contributed by atoms with van der Waals surface area (Å²) in [5.74, 6) is 0.801. The molecular weight excluding hydrogens is 520 g/mol. The zero-order valence-electron chi connectivity index (χ0n) is 16.2. The maximum Gasteiger partial charge on any atom is 0.434 e. The van der Waals surface area contributed by atoms with Crippen LogP contribution < -0.4 is 10.6 Å². The van der Waals surface area contributed by atoms with Crippen molar-refractivity contribution >= 4 is 47.2 Å². The molecule has 1 aliphatic carbocycles. The minimum Gasteiger partial charge on any atom is -0.356 e. The highest BCUT2D eigenvalue weighted by atomic mass is 127. The van der Waals surface area contributed by atoms with Crippen LogP contribution in [-0.4, -0.2) is 79.0 Å². The van der Waals surface area contributed by atoms with Crippen LogP contribution in [0.5, 0.6) is 0 Å². The second-order valence-corrected chi connectivity index (χ2v) is 7.90. The number of aliphatic imine (C=N–C) groups is 1. The second kappa shape index (κ2) is 10.8. The number of alkyl halides is 3. The van der Waals surface area contributed by atoms with Crippen LogP contribution in [0.2, 0.25) is 0 Å². The van der Waals surface area contributed by atoms with Crippen LogP contribution in [0.25, 0.3) is 0 Å². The van der Waals surface area contributed by atoms with Gasteiger partial charge >= 0.3 is 6.18 Å². The Hall–Kier alpha value is -1.15. The molecule has 2 aliphatic rings. The summed E-state index contributed by atoms with van der Waals surface area (Å²) in [6, 6.07) is 0.377. The molecule has 1 aromatic rings. The zero-order chi connectivity index (χ0) is 20.1. The summed E-state index contributed by atoms with van der Waals surface area (Å²) in [5, 5.41) is 7.67. The number of halogens is 4. The fourth-order valence-corrected chi connectivity index (χ4v) is 3.80. The van der Waals surface area contributed by atoms with Crippen molar-refractivity contribution in [2.24, 2.45) is 4.99 Å². The molecule has 1 saturated carbocycles. The maximum absolute atomic E-state index is 12.6. The molecule has 2 N–H and O–H groups in total. The molecule has 1 aliphatic heterocycles. The van der Waals surface area contributed by atoms with E-state index in [9.17, 15) is 18.0 Å². The Balaban J connectivity index is 0.00000300. The van der Waals surface area contributed by atoms with Gasteiger partial charge in [0.05, 0.1) is 11.6 Å². The van der Waals surface area contributed by atoms with Crippen molar-refractivity contribution in [3.05, 3.63) is 16.1 Å². The number of thiazole rings is 1. The third-order valence-electron chi connectivity index (χ3n) is 4.66. The van der Waals surface area contributed by atoms with E-state index in [0.717, 1.165) is 61.7 Å². The summed E-state index contributed by atoms with van der Waals surface area (Å²) >= 11 is 1.02. The molecular formula is C17H26F3IN6OS. The van der Waals surface area contributed by atoms with Gasteiger partial charge in [-0.15, -0.1) is 35.3 Å². The number of rotatable bonds is 6. The molecule has 1 saturated heterocycles. The van der Waals surface area contributed by atoms with E-state index in [1.165, 1.54) is 0 Å². The number of nitrogens with zero attached hydrogens (tertiary/aromatic N) is 4. The fraction of sp³-hybridized carbons (Fsp3) is 0.706. The minimum atomic E-state index is -4.40. The smallest absolute Gasteiger partial charge is 0.356 e. The maximum atomic E-state index is 12.6. The number of hydrogen-bond acceptors (Lipinski definition) is 5. The summed E-state index contributed by atoms with van der Waals surface area (Å²) < 4.78 is 37.8. The molecule has 2 fully saturated rings. The number of guanidine groups is 1. The van der Waals surface area contributed by atoms with Crippen molar-refractivity contribution in [3.63, 3.8) is 0 Å². The lowest BCUT2D eigenvalue weighted by Gasteiger charge is -2.36. The van der Waals surface area contributed by atoms with Crippen LogP contribution in [0.1, 0.15) is 23.5 Å². The molecule has 1 aromatic heterocycles. The monoisotopic (exact) mass is 546 g/mol. The Morgan fingerprint density at radius 2 is 2.00 bits per heavy atom. The number of nitrogens with one attached hydrogen (secondary N) is 2. The summed E-state index contributed by atoms with van der Waals surface area (Å²) in [6.07, 6.45) is -1.82. The molecule has 164 valence electrons. The molecule has 1 amide bonds. The van der Waals surface area contributed by atoms with Gasteiger partial charge in [0, 0.05) is 57.6 Å². The Morgan fingerprint density at radius 1 is 1.31 bits per heavy atom. The van der Waals surface area contributed by atoms with Gasteiger partial charge in [-0.25, -0.2) is 4.98 Å². The molecule has 0 spiro atoms. The first-order valence-corrected chi connectivity index (χ1v) is 10.2. The lowest BCUT2D eigenvalue weighted by Crippen LogP contribution is -2.54. The highest BCUT2D eigenvalue weighted by Crippen LogP contribution is 2.30. The predicted octanol–water partition coefficient (Wildman–Crippen LogP) is 1.79. The van der Waals surface area contributed by atoms with Crippen molar-refractivity contribution in [3.8, 4) is 0 Å². The van der Waals surface area contributed by atoms with Crippen molar-refractivity contribution in [2.45, 2.75) is 31.5 Å². The fourth-order valence-electron chi connectivity index (χ4n) is 2.99. The van der Waals surface area contributed by atoms with Gasteiger partial charge in [0.2, 0.25) is 5.91 Å². The van der Waals surface area contributed by atoms with E-state index in [4.69, 9.17) is 0 Å². The number of aromatic nitrogens is 1. The lowest BCUT2D eigenvalue weighted by molar-refractivity contribution is -0.140. The molecule has 0 unspecified atom stereocenters. The van der Waals surface area contributed by atoms with E-state index in [1.54, 1.807) is 7.05 Å². The van der Waals surface area contributed by atoms with E-state index in [1.807, 2.05) is 0 Å². The van der Waals surface area contributed by atoms with E-state index in [-0.39, 0.29) is 29.9 Å². The SMILES string of the molecule is CN=C(NCCc1nc(C(F)(F)F)cs1)N1CCN(CC(=O)NC2CC2)CC1.I. The van der Waals surface area contributed by atoms with Crippen molar-refractivity contribution in [1.82, 2.24) is 25.4 Å². The van der Waals surface area contributed by atoms with Crippen molar-refractivity contribution in [1.29, 1.82) is 0 Å². The van der Waals surface area contributed by atoms with Crippen LogP contribution in [0.4, 0.5) is 13.2 Å². The van der Waals surface area contributed by atoms with E-state index >= 15 is 0 Å². The average Bonchev–Trinajstić information content (AvgIpc) is 3.31. The van der Waals surface area contributed by atoms with E-state index in [2.05, 4.69) is 30.4 Å². The number of carbonyl (C=O) groups is 1. The van der Waals surface area contributed by atoms with E-state index in [0.29, 0.717) is 30.6 Å². The summed E-state index contributed by atoms with van der Waals surface area (Å²) in [6.45, 7) is 3.89. The molecule has 29 heavy (non-hydrogen) atoms. The van der Waals surface area contributed by atoms with Gasteiger partial charge in [-0.05, 0) is 12.8 Å². The van der Waals surface area contributed by atoms with E-state index < -0.39 is 11.9 Å². The van der Waals surface area contributed by atoms with Gasteiger partial charge in [-0.3, -0.25) is 14.7 Å². The summed E-state index contributed by atoms with van der Waals surface area (Å²) in [7, 11) is 1.68. The topological polar surface area (TPSA) is 72.9 Å². The lowest BCUT2D eigenvalue weighted by atomic mass is 10.3. The Labute approximate surface area is 189 Å². The van der Waals surface area contributed by atoms with Crippen molar-refractivity contribution in [2.75, 3.05) is 46.3 Å². The normalized spacial score (nSPS) is 18.3. The molecule has 7 nitrogen and oxygen atoms in total.